The highest BCUT2D eigenvalue weighted by Gasteiger charge is 2.43. The van der Waals surface area contributed by atoms with Crippen LogP contribution in [-0.2, 0) is 16.1 Å². The minimum absolute atomic E-state index is 0.0846. The Bertz CT molecular complexity index is 1100. The lowest BCUT2D eigenvalue weighted by molar-refractivity contribution is -0.129. The quantitative estimate of drug-likeness (QED) is 0.479. The molecule has 0 spiro atoms. The molecule has 4 rings (SSSR count). The van der Waals surface area contributed by atoms with Crippen molar-refractivity contribution in [1.82, 2.24) is 20.9 Å². The van der Waals surface area contributed by atoms with E-state index in [9.17, 15) is 27.6 Å². The predicted octanol–water partition coefficient (Wildman–Crippen LogP) is 2.26. The van der Waals surface area contributed by atoms with E-state index in [0.717, 1.165) is 17.7 Å². The Morgan fingerprint density at radius 1 is 1.06 bits per heavy atom. The Hall–Kier alpha value is -3.60. The van der Waals surface area contributed by atoms with Crippen LogP contribution >= 0.6 is 0 Å². The van der Waals surface area contributed by atoms with Gasteiger partial charge in [0.1, 0.15) is 17.5 Å². The Morgan fingerprint density at radius 2 is 1.80 bits per heavy atom. The van der Waals surface area contributed by atoms with Gasteiger partial charge in [0.05, 0.1) is 11.7 Å². The summed E-state index contributed by atoms with van der Waals surface area (Å²) in [7, 11) is 0. The monoisotopic (exact) mass is 489 g/mol. The van der Waals surface area contributed by atoms with Gasteiger partial charge in [0, 0.05) is 44.2 Å². The van der Waals surface area contributed by atoms with Crippen molar-refractivity contribution < 1.29 is 27.6 Å². The molecule has 8 nitrogen and oxygen atoms in total. The summed E-state index contributed by atoms with van der Waals surface area (Å²) in [6.45, 7) is 1.09. The molecule has 2 heterocycles. The molecule has 4 amide bonds. The summed E-state index contributed by atoms with van der Waals surface area (Å²) in [4.78, 5) is 39.0. The third-order valence-corrected chi connectivity index (χ3v) is 6.25. The zero-order valence-corrected chi connectivity index (χ0v) is 18.8. The molecule has 2 saturated heterocycles. The molecule has 0 aliphatic carbocycles. The van der Waals surface area contributed by atoms with Crippen LogP contribution in [0.1, 0.15) is 24.8 Å². The number of carbonyl (C=O) groups is 3. The largest absolute Gasteiger partial charge is 0.353 e. The Kier molecular flexibility index (Phi) is 7.54. The number of hydrogen-bond donors (Lipinski definition) is 4. The van der Waals surface area contributed by atoms with Crippen molar-refractivity contribution in [2.75, 3.05) is 18.4 Å². The minimum Gasteiger partial charge on any atom is -0.353 e. The molecule has 35 heavy (non-hydrogen) atoms. The molecular weight excluding hydrogens is 463 g/mol. The van der Waals surface area contributed by atoms with Crippen molar-refractivity contribution in [2.45, 2.75) is 43.9 Å². The van der Waals surface area contributed by atoms with Gasteiger partial charge in [-0.3, -0.25) is 14.5 Å². The number of anilines is 1. The van der Waals surface area contributed by atoms with Gasteiger partial charge in [0.15, 0.2) is 0 Å². The summed E-state index contributed by atoms with van der Waals surface area (Å²) >= 11 is 0. The van der Waals surface area contributed by atoms with Crippen LogP contribution in [0.5, 0.6) is 0 Å². The van der Waals surface area contributed by atoms with E-state index in [1.807, 2.05) is 4.90 Å². The molecule has 2 aromatic rings. The molecule has 2 aromatic carbocycles. The molecule has 3 atom stereocenters. The normalized spacial score (nSPS) is 21.7. The number of hydrogen-bond acceptors (Lipinski definition) is 4. The SMILES string of the molecule is O=C(CC[C@@H]1CNC(=O)[C@@H]2C[C@H](NC(=O)Nc3ccc(F)cc3F)CN12)NCc1ccc(F)cc1. The van der Waals surface area contributed by atoms with Crippen LogP contribution in [0, 0.1) is 17.5 Å². The summed E-state index contributed by atoms with van der Waals surface area (Å²) in [5.41, 5.74) is 0.638. The lowest BCUT2D eigenvalue weighted by Crippen LogP contribution is -2.58. The summed E-state index contributed by atoms with van der Waals surface area (Å²) in [6, 6.07) is 7.19. The van der Waals surface area contributed by atoms with Gasteiger partial charge >= 0.3 is 6.03 Å². The van der Waals surface area contributed by atoms with Gasteiger partial charge in [-0.15, -0.1) is 0 Å². The van der Waals surface area contributed by atoms with Crippen LogP contribution < -0.4 is 21.3 Å². The van der Waals surface area contributed by atoms with Crippen LogP contribution in [0.4, 0.5) is 23.7 Å². The van der Waals surface area contributed by atoms with E-state index in [4.69, 9.17) is 0 Å². The lowest BCUT2D eigenvalue weighted by atomic mass is 10.0. The fourth-order valence-electron chi connectivity index (χ4n) is 4.47. The predicted molar refractivity (Wildman–Crippen MR) is 122 cm³/mol. The van der Waals surface area contributed by atoms with E-state index < -0.39 is 23.7 Å². The molecule has 2 aliphatic heterocycles. The molecule has 0 radical (unpaired) electrons. The van der Waals surface area contributed by atoms with Crippen LogP contribution in [0.15, 0.2) is 42.5 Å². The summed E-state index contributed by atoms with van der Waals surface area (Å²) in [6.07, 6.45) is 1.12. The van der Waals surface area contributed by atoms with Gasteiger partial charge in [-0.2, -0.15) is 0 Å². The molecular formula is C24H26F3N5O3. The van der Waals surface area contributed by atoms with Gasteiger partial charge in [0.2, 0.25) is 11.8 Å². The number of nitrogens with one attached hydrogen (secondary N) is 4. The minimum atomic E-state index is -0.888. The fraction of sp³-hybridized carbons (Fsp3) is 0.375. The van der Waals surface area contributed by atoms with E-state index in [1.165, 1.54) is 12.1 Å². The van der Waals surface area contributed by atoms with Crippen molar-refractivity contribution in [3.05, 3.63) is 65.5 Å². The molecule has 11 heteroatoms. The summed E-state index contributed by atoms with van der Waals surface area (Å²) < 4.78 is 39.8. The number of fused-ring (bicyclic) bond motifs is 1. The first-order valence-electron chi connectivity index (χ1n) is 11.4. The fourth-order valence-corrected chi connectivity index (χ4v) is 4.47. The van der Waals surface area contributed by atoms with Crippen LogP contribution in [0.2, 0.25) is 0 Å². The number of halogens is 3. The number of carbonyl (C=O) groups excluding carboxylic acids is 3. The third-order valence-electron chi connectivity index (χ3n) is 6.25. The number of benzene rings is 2. The number of piperazine rings is 1. The number of nitrogens with zero attached hydrogens (tertiary/aromatic N) is 1. The molecule has 4 N–H and O–H groups in total. The van der Waals surface area contributed by atoms with Gasteiger partial charge in [-0.25, -0.2) is 18.0 Å². The van der Waals surface area contributed by atoms with Crippen molar-refractivity contribution in [3.8, 4) is 0 Å². The third kappa shape index (κ3) is 6.30. The van der Waals surface area contributed by atoms with Crippen molar-refractivity contribution >= 4 is 23.5 Å². The maximum absolute atomic E-state index is 13.8. The van der Waals surface area contributed by atoms with Crippen LogP contribution in [0.3, 0.4) is 0 Å². The molecule has 0 unspecified atom stereocenters. The number of amides is 4. The average Bonchev–Trinajstić information content (AvgIpc) is 3.24. The lowest BCUT2D eigenvalue weighted by Gasteiger charge is -2.37. The van der Waals surface area contributed by atoms with E-state index >= 15 is 0 Å². The highest BCUT2D eigenvalue weighted by molar-refractivity contribution is 5.90. The molecule has 186 valence electrons. The zero-order valence-electron chi connectivity index (χ0n) is 18.8. The second-order valence-electron chi connectivity index (χ2n) is 8.71. The highest BCUT2D eigenvalue weighted by atomic mass is 19.1. The Balaban J connectivity index is 1.27. The Morgan fingerprint density at radius 3 is 2.54 bits per heavy atom. The molecule has 0 bridgehead atoms. The van der Waals surface area contributed by atoms with E-state index in [-0.39, 0.29) is 41.8 Å². The van der Waals surface area contributed by atoms with Crippen LogP contribution in [0.25, 0.3) is 0 Å². The van der Waals surface area contributed by atoms with E-state index in [0.29, 0.717) is 38.5 Å². The first kappa shape index (κ1) is 24.5. The molecule has 2 fully saturated rings. The second kappa shape index (κ2) is 10.8. The van der Waals surface area contributed by atoms with E-state index in [2.05, 4.69) is 21.3 Å². The number of urea groups is 1. The standard InChI is InChI=1S/C24H26F3N5O3/c25-15-3-1-14(2-4-15)11-28-22(33)8-6-18-12-29-23(34)21-10-17(13-32(18)21)30-24(35)31-20-7-5-16(26)9-19(20)27/h1-5,7,9,17-18,21H,6,8,10-13H2,(H,28,33)(H,29,34)(H2,30,31,35)/t17-,18+,21-/m0/s1. The maximum atomic E-state index is 13.8. The summed E-state index contributed by atoms with van der Waals surface area (Å²) in [5.74, 6) is -2.27. The smallest absolute Gasteiger partial charge is 0.319 e. The Labute approximate surface area is 200 Å². The first-order valence-corrected chi connectivity index (χ1v) is 11.4. The van der Waals surface area contributed by atoms with Gasteiger partial charge in [0.25, 0.3) is 0 Å². The zero-order chi connectivity index (χ0) is 24.9. The first-order chi connectivity index (χ1) is 16.8. The van der Waals surface area contributed by atoms with Crippen molar-refractivity contribution in [1.29, 1.82) is 0 Å². The molecule has 2 aliphatic rings. The second-order valence-corrected chi connectivity index (χ2v) is 8.71. The van der Waals surface area contributed by atoms with Gasteiger partial charge in [-0.1, -0.05) is 12.1 Å². The van der Waals surface area contributed by atoms with E-state index in [1.54, 1.807) is 12.1 Å². The highest BCUT2D eigenvalue weighted by Crippen LogP contribution is 2.26. The summed E-state index contributed by atoms with van der Waals surface area (Å²) in [5, 5.41) is 10.8. The maximum Gasteiger partial charge on any atom is 0.319 e. The molecule has 0 aromatic heterocycles. The van der Waals surface area contributed by atoms with Crippen molar-refractivity contribution in [2.24, 2.45) is 0 Å². The molecule has 0 saturated carbocycles. The van der Waals surface area contributed by atoms with Gasteiger partial charge < -0.3 is 21.3 Å². The van der Waals surface area contributed by atoms with Crippen molar-refractivity contribution in [3.63, 3.8) is 0 Å². The van der Waals surface area contributed by atoms with Crippen LogP contribution in [-0.4, -0.2) is 54.0 Å². The van der Waals surface area contributed by atoms with Gasteiger partial charge in [-0.05, 0) is 42.7 Å². The number of rotatable bonds is 7. The topological polar surface area (TPSA) is 103 Å². The average molecular weight is 489 g/mol.